The molecule has 2 aromatic heterocycles. The molecule has 0 fully saturated rings. The second-order valence-electron chi connectivity index (χ2n) is 5.96. The molecule has 0 saturated heterocycles. The number of thioether (sulfide) groups is 1. The molecule has 0 radical (unpaired) electrons. The predicted octanol–water partition coefficient (Wildman–Crippen LogP) is 3.51. The molecule has 1 atom stereocenters. The number of nitrogens with zero attached hydrogens (tertiary/aromatic N) is 3. The lowest BCUT2D eigenvalue weighted by atomic mass is 10.1. The van der Waals surface area contributed by atoms with E-state index in [-0.39, 0.29) is 5.97 Å². The van der Waals surface area contributed by atoms with Crippen LogP contribution in [0.1, 0.15) is 16.1 Å². The van der Waals surface area contributed by atoms with E-state index in [2.05, 4.69) is 45.3 Å². The molecule has 0 saturated carbocycles. The quantitative estimate of drug-likeness (QED) is 0.631. The summed E-state index contributed by atoms with van der Waals surface area (Å²) in [5.74, 6) is 0.335. The molecule has 3 heterocycles. The maximum absolute atomic E-state index is 11.6. The van der Waals surface area contributed by atoms with E-state index in [9.17, 15) is 4.79 Å². The number of aromatic nitrogens is 2. The molecule has 132 valence electrons. The van der Waals surface area contributed by atoms with Gasteiger partial charge in [0.2, 0.25) is 0 Å². The SMILES string of the molecule is COC(=O)C1CSC(c2nc3ccc(CCc4ccncc4)cc3s2)=N1. The zero-order valence-corrected chi connectivity index (χ0v) is 15.8. The van der Waals surface area contributed by atoms with Gasteiger partial charge < -0.3 is 4.74 Å². The minimum absolute atomic E-state index is 0.285. The Hall–Kier alpha value is -2.25. The first-order valence-electron chi connectivity index (χ1n) is 8.30. The third-order valence-electron chi connectivity index (χ3n) is 4.21. The molecule has 0 amide bonds. The maximum atomic E-state index is 11.6. The second-order valence-corrected chi connectivity index (χ2v) is 8.00. The molecular formula is C19H17N3O2S2. The molecule has 4 rings (SSSR count). The van der Waals surface area contributed by atoms with Crippen LogP contribution in [0, 0.1) is 0 Å². The van der Waals surface area contributed by atoms with E-state index < -0.39 is 6.04 Å². The number of rotatable bonds is 5. The smallest absolute Gasteiger partial charge is 0.331 e. The van der Waals surface area contributed by atoms with Crippen LogP contribution in [0.2, 0.25) is 0 Å². The normalized spacial score (nSPS) is 16.7. The maximum Gasteiger partial charge on any atom is 0.331 e. The molecule has 0 N–H and O–H groups in total. The molecule has 0 spiro atoms. The summed E-state index contributed by atoms with van der Waals surface area (Å²) >= 11 is 3.19. The van der Waals surface area contributed by atoms with E-state index in [1.165, 1.54) is 18.2 Å². The average Bonchev–Trinajstić information content (AvgIpc) is 3.33. The Morgan fingerprint density at radius 2 is 2.00 bits per heavy atom. The Balaban J connectivity index is 1.52. The number of ether oxygens (including phenoxy) is 1. The van der Waals surface area contributed by atoms with Gasteiger partial charge in [0.25, 0.3) is 0 Å². The number of methoxy groups -OCH3 is 1. The van der Waals surface area contributed by atoms with E-state index in [0.29, 0.717) is 5.75 Å². The molecule has 1 aliphatic rings. The molecule has 1 unspecified atom stereocenters. The van der Waals surface area contributed by atoms with Crippen LogP contribution in [0.4, 0.5) is 0 Å². The molecule has 0 aliphatic carbocycles. The summed E-state index contributed by atoms with van der Waals surface area (Å²) < 4.78 is 5.93. The molecule has 0 bridgehead atoms. The number of benzene rings is 1. The number of pyridine rings is 1. The van der Waals surface area contributed by atoms with Gasteiger partial charge in [-0.25, -0.2) is 9.78 Å². The Morgan fingerprint density at radius 1 is 1.19 bits per heavy atom. The van der Waals surface area contributed by atoms with E-state index in [1.807, 2.05) is 12.4 Å². The van der Waals surface area contributed by atoms with Crippen LogP contribution >= 0.6 is 23.1 Å². The topological polar surface area (TPSA) is 64.4 Å². The van der Waals surface area contributed by atoms with Crippen LogP contribution < -0.4 is 0 Å². The summed E-state index contributed by atoms with van der Waals surface area (Å²) in [7, 11) is 1.39. The van der Waals surface area contributed by atoms with E-state index in [1.54, 1.807) is 23.1 Å². The van der Waals surface area contributed by atoms with Crippen LogP contribution in [0.15, 0.2) is 47.7 Å². The van der Waals surface area contributed by atoms with Crippen molar-refractivity contribution in [2.24, 2.45) is 4.99 Å². The van der Waals surface area contributed by atoms with Gasteiger partial charge in [-0.2, -0.15) is 0 Å². The van der Waals surface area contributed by atoms with Crippen LogP contribution in [0.5, 0.6) is 0 Å². The Morgan fingerprint density at radius 3 is 2.81 bits per heavy atom. The van der Waals surface area contributed by atoms with Gasteiger partial charge in [0.1, 0.15) is 10.1 Å². The van der Waals surface area contributed by atoms with E-state index >= 15 is 0 Å². The Bertz CT molecular complexity index is 969. The van der Waals surface area contributed by atoms with Crippen LogP contribution in [0.25, 0.3) is 10.2 Å². The van der Waals surface area contributed by atoms with Crippen molar-refractivity contribution in [3.05, 3.63) is 58.9 Å². The summed E-state index contributed by atoms with van der Waals surface area (Å²) in [4.78, 5) is 24.8. The lowest BCUT2D eigenvalue weighted by Crippen LogP contribution is -2.19. The number of carbonyl (C=O) groups is 1. The zero-order valence-electron chi connectivity index (χ0n) is 14.2. The predicted molar refractivity (Wildman–Crippen MR) is 106 cm³/mol. The molecular weight excluding hydrogens is 366 g/mol. The van der Waals surface area contributed by atoms with Gasteiger partial charge >= 0.3 is 5.97 Å². The Kier molecular flexibility index (Phi) is 4.99. The monoisotopic (exact) mass is 383 g/mol. The highest BCUT2D eigenvalue weighted by Gasteiger charge is 2.27. The fourth-order valence-corrected chi connectivity index (χ4v) is 4.92. The highest BCUT2D eigenvalue weighted by Crippen LogP contribution is 2.30. The lowest BCUT2D eigenvalue weighted by molar-refractivity contribution is -0.141. The number of aliphatic imine (C=N–C) groups is 1. The first-order valence-corrected chi connectivity index (χ1v) is 10.1. The van der Waals surface area contributed by atoms with Crippen LogP contribution in [-0.2, 0) is 22.4 Å². The average molecular weight is 383 g/mol. The largest absolute Gasteiger partial charge is 0.467 e. The number of esters is 1. The van der Waals surface area contributed by atoms with Gasteiger partial charge in [0.15, 0.2) is 6.04 Å². The minimum Gasteiger partial charge on any atom is -0.467 e. The van der Waals surface area contributed by atoms with Gasteiger partial charge in [-0.3, -0.25) is 9.98 Å². The van der Waals surface area contributed by atoms with E-state index in [4.69, 9.17) is 4.74 Å². The number of thiazole rings is 1. The van der Waals surface area contributed by atoms with Gasteiger partial charge in [0, 0.05) is 18.1 Å². The molecule has 1 aliphatic heterocycles. The lowest BCUT2D eigenvalue weighted by Gasteiger charge is -2.01. The summed E-state index contributed by atoms with van der Waals surface area (Å²) in [6, 6.07) is 10.1. The first-order chi connectivity index (χ1) is 12.7. The zero-order chi connectivity index (χ0) is 17.9. The highest BCUT2D eigenvalue weighted by atomic mass is 32.2. The van der Waals surface area contributed by atoms with Crippen molar-refractivity contribution in [2.45, 2.75) is 18.9 Å². The summed E-state index contributed by atoms with van der Waals surface area (Å²) in [6.07, 6.45) is 5.63. The van der Waals surface area contributed by atoms with Crippen molar-refractivity contribution >= 4 is 44.3 Å². The van der Waals surface area contributed by atoms with Crippen molar-refractivity contribution in [3.8, 4) is 0 Å². The van der Waals surface area contributed by atoms with E-state index in [0.717, 1.165) is 33.1 Å². The summed E-state index contributed by atoms with van der Waals surface area (Å²) in [5.41, 5.74) is 3.55. The fourth-order valence-electron chi connectivity index (χ4n) is 2.80. The van der Waals surface area contributed by atoms with Crippen LogP contribution in [-0.4, -0.2) is 39.9 Å². The second kappa shape index (κ2) is 7.55. The number of aryl methyl sites for hydroxylation is 2. The van der Waals surface area contributed by atoms with Crippen molar-refractivity contribution in [1.82, 2.24) is 9.97 Å². The number of fused-ring (bicyclic) bond motifs is 1. The minimum atomic E-state index is -0.414. The molecule has 3 aromatic rings. The molecule has 7 heteroatoms. The molecule has 26 heavy (non-hydrogen) atoms. The number of hydrogen-bond acceptors (Lipinski definition) is 7. The third-order valence-corrected chi connectivity index (χ3v) is 6.42. The van der Waals surface area contributed by atoms with Gasteiger partial charge in [-0.05, 0) is 48.2 Å². The molecule has 5 nitrogen and oxygen atoms in total. The highest BCUT2D eigenvalue weighted by molar-refractivity contribution is 8.15. The van der Waals surface area contributed by atoms with Crippen molar-refractivity contribution < 1.29 is 9.53 Å². The van der Waals surface area contributed by atoms with Crippen LogP contribution in [0.3, 0.4) is 0 Å². The standard InChI is InChI=1S/C19H17N3O2S2/c1-24-19(23)15-11-25-17(22-15)18-21-14-5-4-13(10-16(14)26-18)3-2-12-6-8-20-9-7-12/h4-10,15H,2-3,11H2,1H3. The van der Waals surface area contributed by atoms with Crippen molar-refractivity contribution in [3.63, 3.8) is 0 Å². The first kappa shape index (κ1) is 17.2. The number of carbonyl (C=O) groups excluding carboxylic acids is 1. The fraction of sp³-hybridized carbons (Fsp3) is 0.263. The van der Waals surface area contributed by atoms with Crippen molar-refractivity contribution in [1.29, 1.82) is 0 Å². The van der Waals surface area contributed by atoms with Gasteiger partial charge in [-0.1, -0.05) is 6.07 Å². The van der Waals surface area contributed by atoms with Gasteiger partial charge in [-0.15, -0.1) is 23.1 Å². The summed E-state index contributed by atoms with van der Waals surface area (Å²) in [5, 5.41) is 1.71. The number of hydrogen-bond donors (Lipinski definition) is 0. The van der Waals surface area contributed by atoms with Crippen molar-refractivity contribution in [2.75, 3.05) is 12.9 Å². The molecule has 1 aromatic carbocycles. The van der Waals surface area contributed by atoms with Gasteiger partial charge in [0.05, 0.1) is 17.3 Å². The Labute approximate surface area is 159 Å². The summed E-state index contributed by atoms with van der Waals surface area (Å²) in [6.45, 7) is 0. The third kappa shape index (κ3) is 3.64.